The van der Waals surface area contributed by atoms with Crippen LogP contribution in [-0.2, 0) is 19.4 Å². The van der Waals surface area contributed by atoms with Crippen molar-refractivity contribution in [1.82, 2.24) is 9.55 Å². The van der Waals surface area contributed by atoms with Crippen molar-refractivity contribution in [3.05, 3.63) is 40.9 Å². The normalized spacial score (nSPS) is 14.9. The lowest BCUT2D eigenvalue weighted by molar-refractivity contribution is 0.462. The van der Waals surface area contributed by atoms with Gasteiger partial charge in [0.05, 0.1) is 12.2 Å². The third-order valence-electron chi connectivity index (χ3n) is 3.53. The van der Waals surface area contributed by atoms with Crippen molar-refractivity contribution in [2.75, 3.05) is 0 Å². The summed E-state index contributed by atoms with van der Waals surface area (Å²) in [5, 5.41) is 0. The summed E-state index contributed by atoms with van der Waals surface area (Å²) in [6, 6.07) is 4.08. The van der Waals surface area contributed by atoms with Crippen LogP contribution in [-0.4, -0.2) is 9.55 Å². The summed E-state index contributed by atoms with van der Waals surface area (Å²) >= 11 is 0. The second-order valence-corrected chi connectivity index (χ2v) is 4.86. The van der Waals surface area contributed by atoms with Gasteiger partial charge in [0.15, 0.2) is 0 Å². The van der Waals surface area contributed by atoms with E-state index < -0.39 is 0 Å². The SMILES string of the molecule is Cc1ccc(Cn2c(C)nc3c2CCCC3)o1. The molecule has 0 unspecified atom stereocenters. The van der Waals surface area contributed by atoms with E-state index >= 15 is 0 Å². The number of furan rings is 1. The minimum absolute atomic E-state index is 0.821. The molecule has 0 aromatic carbocycles. The van der Waals surface area contributed by atoms with E-state index in [9.17, 15) is 0 Å². The summed E-state index contributed by atoms with van der Waals surface area (Å²) in [4.78, 5) is 4.68. The Hall–Kier alpha value is -1.51. The summed E-state index contributed by atoms with van der Waals surface area (Å²) in [5.41, 5.74) is 2.72. The Bertz CT molecular complexity index is 536. The van der Waals surface area contributed by atoms with Crippen LogP contribution in [0.15, 0.2) is 16.5 Å². The first-order chi connectivity index (χ1) is 8.24. The number of hydrogen-bond donors (Lipinski definition) is 0. The summed E-state index contributed by atoms with van der Waals surface area (Å²) in [7, 11) is 0. The van der Waals surface area contributed by atoms with Crippen molar-refractivity contribution in [3.8, 4) is 0 Å². The summed E-state index contributed by atoms with van der Waals surface area (Å²) in [5.74, 6) is 3.12. The maximum atomic E-state index is 5.65. The van der Waals surface area contributed by atoms with Gasteiger partial charge in [0, 0.05) is 5.69 Å². The third kappa shape index (κ3) is 1.90. The molecule has 0 atom stereocenters. The largest absolute Gasteiger partial charge is 0.464 e. The Morgan fingerprint density at radius 2 is 2.06 bits per heavy atom. The molecule has 2 aromatic rings. The first-order valence-corrected chi connectivity index (χ1v) is 6.34. The fraction of sp³-hybridized carbons (Fsp3) is 0.500. The molecule has 0 saturated heterocycles. The van der Waals surface area contributed by atoms with Crippen molar-refractivity contribution < 1.29 is 4.42 Å². The van der Waals surface area contributed by atoms with Gasteiger partial charge in [-0.15, -0.1) is 0 Å². The monoisotopic (exact) mass is 230 g/mol. The second-order valence-electron chi connectivity index (χ2n) is 4.86. The molecule has 1 aliphatic carbocycles. The Kier molecular flexibility index (Phi) is 2.54. The van der Waals surface area contributed by atoms with Crippen LogP contribution < -0.4 is 0 Å². The number of aromatic nitrogens is 2. The number of nitrogens with zero attached hydrogens (tertiary/aromatic N) is 2. The molecule has 0 radical (unpaired) electrons. The Morgan fingerprint density at radius 1 is 1.24 bits per heavy atom. The topological polar surface area (TPSA) is 31.0 Å². The first-order valence-electron chi connectivity index (χ1n) is 6.34. The molecule has 2 aromatic heterocycles. The van der Waals surface area contributed by atoms with E-state index in [1.807, 2.05) is 13.0 Å². The van der Waals surface area contributed by atoms with E-state index in [0.717, 1.165) is 36.7 Å². The minimum Gasteiger partial charge on any atom is -0.464 e. The van der Waals surface area contributed by atoms with Crippen LogP contribution in [0.2, 0.25) is 0 Å². The lowest BCUT2D eigenvalue weighted by atomic mass is 10.0. The third-order valence-corrected chi connectivity index (χ3v) is 3.53. The number of aryl methyl sites for hydroxylation is 3. The average Bonchev–Trinajstić information content (AvgIpc) is 2.85. The Morgan fingerprint density at radius 3 is 2.82 bits per heavy atom. The fourth-order valence-corrected chi connectivity index (χ4v) is 2.67. The molecule has 3 nitrogen and oxygen atoms in total. The van der Waals surface area contributed by atoms with E-state index in [0.29, 0.717) is 0 Å². The highest BCUT2D eigenvalue weighted by Crippen LogP contribution is 2.23. The summed E-state index contributed by atoms with van der Waals surface area (Å²) in [6.45, 7) is 4.90. The zero-order valence-corrected chi connectivity index (χ0v) is 10.5. The number of rotatable bonds is 2. The zero-order chi connectivity index (χ0) is 11.8. The molecule has 1 aliphatic rings. The average molecular weight is 230 g/mol. The van der Waals surface area contributed by atoms with Gasteiger partial charge in [0.25, 0.3) is 0 Å². The number of imidazole rings is 1. The number of fused-ring (bicyclic) bond motifs is 1. The van der Waals surface area contributed by atoms with E-state index in [1.165, 1.54) is 24.2 Å². The molecule has 0 aliphatic heterocycles. The number of hydrogen-bond acceptors (Lipinski definition) is 2. The lowest BCUT2D eigenvalue weighted by Crippen LogP contribution is -2.09. The molecule has 0 fully saturated rings. The van der Waals surface area contributed by atoms with Crippen molar-refractivity contribution in [2.24, 2.45) is 0 Å². The van der Waals surface area contributed by atoms with Crippen molar-refractivity contribution in [3.63, 3.8) is 0 Å². The minimum atomic E-state index is 0.821. The molecule has 2 heterocycles. The van der Waals surface area contributed by atoms with Gasteiger partial charge in [0.2, 0.25) is 0 Å². The highest BCUT2D eigenvalue weighted by Gasteiger charge is 2.18. The van der Waals surface area contributed by atoms with Gasteiger partial charge in [-0.05, 0) is 51.7 Å². The molecular weight excluding hydrogens is 212 g/mol. The van der Waals surface area contributed by atoms with Crippen LogP contribution in [0.1, 0.15) is 41.6 Å². The second kappa shape index (κ2) is 4.06. The zero-order valence-electron chi connectivity index (χ0n) is 10.5. The molecule has 0 amide bonds. The van der Waals surface area contributed by atoms with E-state index in [2.05, 4.69) is 22.5 Å². The predicted molar refractivity (Wildman–Crippen MR) is 66.2 cm³/mol. The molecule has 0 N–H and O–H groups in total. The van der Waals surface area contributed by atoms with Gasteiger partial charge in [-0.2, -0.15) is 0 Å². The van der Waals surface area contributed by atoms with Crippen molar-refractivity contribution in [2.45, 2.75) is 46.1 Å². The van der Waals surface area contributed by atoms with Gasteiger partial charge < -0.3 is 8.98 Å². The molecule has 0 spiro atoms. The maximum absolute atomic E-state index is 5.65. The van der Waals surface area contributed by atoms with E-state index in [1.54, 1.807) is 0 Å². The molecular formula is C14H18N2O. The standard InChI is InChI=1S/C14H18N2O/c1-10-7-8-12(17-10)9-16-11(2)15-13-5-3-4-6-14(13)16/h7-8H,3-6,9H2,1-2H3. The maximum Gasteiger partial charge on any atom is 0.123 e. The van der Waals surface area contributed by atoms with Gasteiger partial charge in [-0.3, -0.25) is 0 Å². The fourth-order valence-electron chi connectivity index (χ4n) is 2.67. The van der Waals surface area contributed by atoms with Crippen molar-refractivity contribution >= 4 is 0 Å². The summed E-state index contributed by atoms with van der Waals surface area (Å²) < 4.78 is 7.97. The van der Waals surface area contributed by atoms with Crippen LogP contribution >= 0.6 is 0 Å². The van der Waals surface area contributed by atoms with Gasteiger partial charge in [0.1, 0.15) is 17.3 Å². The molecule has 0 saturated carbocycles. The van der Waals surface area contributed by atoms with Crippen LogP contribution in [0.25, 0.3) is 0 Å². The van der Waals surface area contributed by atoms with Crippen LogP contribution in [0.3, 0.4) is 0 Å². The van der Waals surface area contributed by atoms with Gasteiger partial charge in [-0.25, -0.2) is 4.98 Å². The molecule has 17 heavy (non-hydrogen) atoms. The van der Waals surface area contributed by atoms with Crippen LogP contribution in [0.4, 0.5) is 0 Å². The van der Waals surface area contributed by atoms with Crippen LogP contribution in [0, 0.1) is 13.8 Å². The quantitative estimate of drug-likeness (QED) is 0.794. The molecule has 3 heteroatoms. The summed E-state index contributed by atoms with van der Waals surface area (Å²) in [6.07, 6.45) is 4.87. The Balaban J connectivity index is 1.94. The van der Waals surface area contributed by atoms with E-state index in [-0.39, 0.29) is 0 Å². The highest BCUT2D eigenvalue weighted by atomic mass is 16.3. The first kappa shape index (κ1) is 10.6. The van der Waals surface area contributed by atoms with E-state index in [4.69, 9.17) is 4.42 Å². The Labute approximate surface area is 101 Å². The smallest absolute Gasteiger partial charge is 0.123 e. The van der Waals surface area contributed by atoms with Gasteiger partial charge in [-0.1, -0.05) is 0 Å². The molecule has 90 valence electrons. The van der Waals surface area contributed by atoms with Gasteiger partial charge >= 0.3 is 0 Å². The van der Waals surface area contributed by atoms with Crippen LogP contribution in [0.5, 0.6) is 0 Å². The highest BCUT2D eigenvalue weighted by molar-refractivity contribution is 5.21. The predicted octanol–water partition coefficient (Wildman–Crippen LogP) is 3.02. The molecule has 3 rings (SSSR count). The van der Waals surface area contributed by atoms with Crippen molar-refractivity contribution in [1.29, 1.82) is 0 Å². The molecule has 0 bridgehead atoms. The lowest BCUT2D eigenvalue weighted by Gasteiger charge is -2.13.